The predicted molar refractivity (Wildman–Crippen MR) is 92.7 cm³/mol. The summed E-state index contributed by atoms with van der Waals surface area (Å²) in [4.78, 5) is 13.3. The Hall–Kier alpha value is -3.15. The van der Waals surface area contributed by atoms with Gasteiger partial charge in [0.2, 0.25) is 0 Å². The van der Waals surface area contributed by atoms with E-state index in [4.69, 9.17) is 23.4 Å². The van der Waals surface area contributed by atoms with Gasteiger partial charge in [-0.05, 0) is 18.2 Å². The van der Waals surface area contributed by atoms with Crippen molar-refractivity contribution in [3.05, 3.63) is 47.7 Å². The van der Waals surface area contributed by atoms with E-state index in [9.17, 15) is 4.79 Å². The Labute approximate surface area is 149 Å². The fourth-order valence-corrected chi connectivity index (χ4v) is 3.74. The highest BCUT2D eigenvalue weighted by Gasteiger charge is 2.43. The van der Waals surface area contributed by atoms with Crippen LogP contribution in [0.25, 0.3) is 11.0 Å². The molecule has 132 valence electrons. The van der Waals surface area contributed by atoms with Crippen LogP contribution in [-0.4, -0.2) is 32.7 Å². The number of hydrogen-bond acceptors (Lipinski definition) is 6. The zero-order chi connectivity index (χ0) is 17.8. The zero-order valence-electron chi connectivity index (χ0n) is 14.3. The van der Waals surface area contributed by atoms with Crippen molar-refractivity contribution < 1.29 is 28.2 Å². The molecule has 2 aliphatic rings. The minimum absolute atomic E-state index is 0.0103. The largest absolute Gasteiger partial charge is 0.493 e. The lowest BCUT2D eigenvalue weighted by atomic mass is 9.82. The number of benzene rings is 2. The Bertz CT molecular complexity index is 1030. The fraction of sp³-hybridized carbons (Fsp3) is 0.250. The van der Waals surface area contributed by atoms with E-state index in [-0.39, 0.29) is 12.4 Å². The maximum absolute atomic E-state index is 13.3. The Morgan fingerprint density at radius 3 is 2.65 bits per heavy atom. The fourth-order valence-electron chi connectivity index (χ4n) is 3.74. The van der Waals surface area contributed by atoms with Crippen molar-refractivity contribution in [3.8, 4) is 23.0 Å². The number of methoxy groups -OCH3 is 2. The van der Waals surface area contributed by atoms with Gasteiger partial charge in [-0.1, -0.05) is 0 Å². The third kappa shape index (κ3) is 2.02. The lowest BCUT2D eigenvalue weighted by Gasteiger charge is -2.37. The summed E-state index contributed by atoms with van der Waals surface area (Å²) in [6.45, 7) is 0.286. The second-order valence-electron chi connectivity index (χ2n) is 6.36. The van der Waals surface area contributed by atoms with Gasteiger partial charge in [-0.25, -0.2) is 0 Å². The molecule has 0 unspecified atom stereocenters. The first-order valence-electron chi connectivity index (χ1n) is 8.30. The summed E-state index contributed by atoms with van der Waals surface area (Å²) < 4.78 is 28.1. The molecule has 2 aromatic carbocycles. The van der Waals surface area contributed by atoms with Gasteiger partial charge < -0.3 is 23.4 Å². The highest BCUT2D eigenvalue weighted by atomic mass is 16.5. The molecule has 6 nitrogen and oxygen atoms in total. The number of ketones is 1. The Morgan fingerprint density at radius 2 is 1.85 bits per heavy atom. The van der Waals surface area contributed by atoms with Crippen LogP contribution in [0.4, 0.5) is 0 Å². The van der Waals surface area contributed by atoms with Gasteiger partial charge in [0.05, 0.1) is 32.0 Å². The van der Waals surface area contributed by atoms with E-state index in [0.29, 0.717) is 34.1 Å². The van der Waals surface area contributed by atoms with Crippen LogP contribution in [0.2, 0.25) is 0 Å². The van der Waals surface area contributed by atoms with Gasteiger partial charge in [0.25, 0.3) is 0 Å². The molecule has 2 atom stereocenters. The van der Waals surface area contributed by atoms with Crippen LogP contribution >= 0.6 is 0 Å². The van der Waals surface area contributed by atoms with Gasteiger partial charge in [0.1, 0.15) is 29.8 Å². The molecule has 3 heterocycles. The van der Waals surface area contributed by atoms with Crippen molar-refractivity contribution >= 4 is 16.8 Å². The molecule has 0 bridgehead atoms. The van der Waals surface area contributed by atoms with E-state index >= 15 is 0 Å². The molecule has 1 aromatic heterocycles. The second kappa shape index (κ2) is 5.42. The summed E-state index contributed by atoms with van der Waals surface area (Å²) in [5, 5.41) is 0.874. The Balaban J connectivity index is 1.66. The maximum atomic E-state index is 13.3. The summed E-state index contributed by atoms with van der Waals surface area (Å²) in [5.41, 5.74) is 2.00. The molecule has 3 aromatic rings. The Morgan fingerprint density at radius 1 is 1.04 bits per heavy atom. The number of hydrogen-bond donors (Lipinski definition) is 0. The lowest BCUT2D eigenvalue weighted by Crippen LogP contribution is -2.43. The van der Waals surface area contributed by atoms with Crippen molar-refractivity contribution in [2.24, 2.45) is 0 Å². The number of carbonyl (C=O) groups excluding carboxylic acids is 1. The minimum Gasteiger partial charge on any atom is -0.493 e. The van der Waals surface area contributed by atoms with Crippen molar-refractivity contribution in [2.75, 3.05) is 20.8 Å². The van der Waals surface area contributed by atoms with Gasteiger partial charge in [-0.15, -0.1) is 0 Å². The molecule has 0 N–H and O–H groups in total. The van der Waals surface area contributed by atoms with Gasteiger partial charge in [0.15, 0.2) is 17.3 Å². The summed E-state index contributed by atoms with van der Waals surface area (Å²) in [7, 11) is 3.13. The van der Waals surface area contributed by atoms with Crippen molar-refractivity contribution in [3.63, 3.8) is 0 Å². The average Bonchev–Trinajstić information content (AvgIpc) is 3.12. The second-order valence-corrected chi connectivity index (χ2v) is 6.36. The van der Waals surface area contributed by atoms with Crippen LogP contribution in [0, 0.1) is 0 Å². The van der Waals surface area contributed by atoms with Crippen molar-refractivity contribution in [1.82, 2.24) is 0 Å². The van der Waals surface area contributed by atoms with Crippen LogP contribution in [-0.2, 0) is 0 Å². The van der Waals surface area contributed by atoms with E-state index in [1.807, 2.05) is 12.1 Å². The normalized spacial score (nSPS) is 20.5. The lowest BCUT2D eigenvalue weighted by molar-refractivity contribution is 0.0559. The molecule has 26 heavy (non-hydrogen) atoms. The van der Waals surface area contributed by atoms with Crippen LogP contribution in [0.5, 0.6) is 23.0 Å². The maximum Gasteiger partial charge on any atom is 0.178 e. The van der Waals surface area contributed by atoms with Crippen LogP contribution in [0.3, 0.4) is 0 Å². The van der Waals surface area contributed by atoms with E-state index in [0.717, 1.165) is 10.9 Å². The number of fused-ring (bicyclic) bond motifs is 5. The average molecular weight is 352 g/mol. The molecule has 5 rings (SSSR count). The smallest absolute Gasteiger partial charge is 0.178 e. The molecule has 0 aliphatic carbocycles. The standard InChI is InChI=1S/C20H16O6/c1-22-16-6-11-14(8-17(16)23-2)25-9-18-19(11)20(21)12-5-10-3-4-24-13(10)7-15(12)26-18/h3-8,18-19H,9H2,1-2H3/t18-,19+/m0/s1. The molecule has 6 heteroatoms. The zero-order valence-corrected chi connectivity index (χ0v) is 14.3. The molecule has 0 saturated carbocycles. The molecular weight excluding hydrogens is 336 g/mol. The highest BCUT2D eigenvalue weighted by Crippen LogP contribution is 2.47. The number of rotatable bonds is 2. The molecule has 0 fully saturated rings. The summed E-state index contributed by atoms with van der Waals surface area (Å²) in [5.74, 6) is 1.83. The van der Waals surface area contributed by atoms with Gasteiger partial charge in [-0.3, -0.25) is 4.79 Å². The number of carbonyl (C=O) groups is 1. The quantitative estimate of drug-likeness (QED) is 0.702. The first-order valence-corrected chi connectivity index (χ1v) is 8.30. The van der Waals surface area contributed by atoms with Crippen LogP contribution in [0.15, 0.2) is 41.0 Å². The van der Waals surface area contributed by atoms with Crippen molar-refractivity contribution in [2.45, 2.75) is 12.0 Å². The monoisotopic (exact) mass is 352 g/mol. The summed E-state index contributed by atoms with van der Waals surface area (Å²) in [6.07, 6.45) is 1.21. The van der Waals surface area contributed by atoms with Crippen molar-refractivity contribution in [1.29, 1.82) is 0 Å². The molecule has 0 saturated heterocycles. The molecule has 0 amide bonds. The summed E-state index contributed by atoms with van der Waals surface area (Å²) >= 11 is 0. The molecule has 2 aliphatic heterocycles. The number of Topliss-reactive ketones (excluding diaryl/α,β-unsaturated/α-hetero) is 1. The number of ether oxygens (including phenoxy) is 4. The first kappa shape index (κ1) is 15.1. The van der Waals surface area contributed by atoms with Crippen LogP contribution < -0.4 is 18.9 Å². The highest BCUT2D eigenvalue weighted by molar-refractivity contribution is 6.07. The van der Waals surface area contributed by atoms with E-state index in [1.54, 1.807) is 38.7 Å². The van der Waals surface area contributed by atoms with Gasteiger partial charge >= 0.3 is 0 Å². The molecule has 0 spiro atoms. The SMILES string of the molecule is COc1cc2c(cc1OC)[C@H]1C(=O)c3cc4ccoc4cc3O[C@H]1CO2. The molecular formula is C20H16O6. The summed E-state index contributed by atoms with van der Waals surface area (Å²) in [6, 6.07) is 8.98. The third-order valence-electron chi connectivity index (χ3n) is 5.01. The predicted octanol–water partition coefficient (Wildman–Crippen LogP) is 3.57. The van der Waals surface area contributed by atoms with E-state index in [1.165, 1.54) is 0 Å². The topological polar surface area (TPSA) is 67.1 Å². The Kier molecular flexibility index (Phi) is 3.16. The van der Waals surface area contributed by atoms with Gasteiger partial charge in [0, 0.05) is 23.1 Å². The van der Waals surface area contributed by atoms with E-state index in [2.05, 4.69) is 0 Å². The van der Waals surface area contributed by atoms with Gasteiger partial charge in [-0.2, -0.15) is 0 Å². The number of furan rings is 1. The minimum atomic E-state index is -0.449. The van der Waals surface area contributed by atoms with E-state index < -0.39 is 12.0 Å². The first-order chi connectivity index (χ1) is 12.7. The van der Waals surface area contributed by atoms with Crippen LogP contribution in [0.1, 0.15) is 21.8 Å². The molecule has 0 radical (unpaired) electrons. The third-order valence-corrected chi connectivity index (χ3v) is 5.01.